The van der Waals surface area contributed by atoms with E-state index in [4.69, 9.17) is 4.52 Å². The van der Waals surface area contributed by atoms with Gasteiger partial charge in [0.1, 0.15) is 5.76 Å². The summed E-state index contributed by atoms with van der Waals surface area (Å²) in [4.78, 5) is 14.9. The molecule has 0 unspecified atom stereocenters. The van der Waals surface area contributed by atoms with E-state index in [0.29, 0.717) is 23.7 Å². The van der Waals surface area contributed by atoms with Crippen LogP contribution in [0.15, 0.2) is 4.52 Å². The molecule has 0 radical (unpaired) electrons. The van der Waals surface area contributed by atoms with Gasteiger partial charge in [-0.25, -0.2) is 0 Å². The molecule has 31 heavy (non-hydrogen) atoms. The van der Waals surface area contributed by atoms with Crippen LogP contribution >= 0.6 is 0 Å². The minimum absolute atomic E-state index is 0.258. The van der Waals surface area contributed by atoms with Gasteiger partial charge in [0.25, 0.3) is 0 Å². The van der Waals surface area contributed by atoms with E-state index in [0.717, 1.165) is 62.3 Å². The lowest BCUT2D eigenvalue weighted by atomic mass is 9.71. The van der Waals surface area contributed by atoms with Gasteiger partial charge in [-0.3, -0.25) is 9.48 Å². The van der Waals surface area contributed by atoms with E-state index >= 15 is 0 Å². The molecular formula is C25H38N4O2. The number of rotatable bonds is 4. The fourth-order valence-electron chi connectivity index (χ4n) is 5.45. The summed E-state index contributed by atoms with van der Waals surface area (Å²) in [7, 11) is 1.96. The fourth-order valence-corrected chi connectivity index (χ4v) is 5.45. The molecule has 1 saturated heterocycles. The number of fused-ring (bicyclic) bond motifs is 1. The average molecular weight is 427 g/mol. The monoisotopic (exact) mass is 426 g/mol. The first-order valence-corrected chi connectivity index (χ1v) is 11.9. The SMILES string of the molecule is Cc1nn(C)c(C)c1CCC(=O)N1CCC(c2onc3c2C[C@H](C(C)(C)C)CC3)CC1. The number of amides is 1. The third-order valence-electron chi connectivity index (χ3n) is 7.77. The first-order valence-electron chi connectivity index (χ1n) is 11.9. The summed E-state index contributed by atoms with van der Waals surface area (Å²) in [5.41, 5.74) is 6.28. The van der Waals surface area contributed by atoms with Crippen LogP contribution in [0.1, 0.15) is 86.3 Å². The summed E-state index contributed by atoms with van der Waals surface area (Å²) in [5, 5.41) is 8.89. The molecule has 1 fully saturated rings. The molecule has 0 N–H and O–H groups in total. The molecule has 1 aliphatic heterocycles. The molecule has 1 aliphatic carbocycles. The zero-order chi connectivity index (χ0) is 22.3. The topological polar surface area (TPSA) is 64.2 Å². The van der Waals surface area contributed by atoms with Gasteiger partial charge in [-0.2, -0.15) is 5.10 Å². The van der Waals surface area contributed by atoms with Crippen LogP contribution in [0.4, 0.5) is 0 Å². The molecule has 0 aromatic carbocycles. The summed E-state index contributed by atoms with van der Waals surface area (Å²) in [6, 6.07) is 0. The number of piperidine rings is 1. The van der Waals surface area contributed by atoms with Crippen molar-refractivity contribution in [2.24, 2.45) is 18.4 Å². The van der Waals surface area contributed by atoms with E-state index in [-0.39, 0.29) is 5.91 Å². The highest BCUT2D eigenvalue weighted by atomic mass is 16.5. The van der Waals surface area contributed by atoms with Crippen molar-refractivity contribution in [2.45, 2.75) is 85.5 Å². The van der Waals surface area contributed by atoms with Crippen LogP contribution in [-0.2, 0) is 31.1 Å². The molecule has 3 heterocycles. The second kappa shape index (κ2) is 8.44. The average Bonchev–Trinajstić information content (AvgIpc) is 3.26. The molecule has 0 saturated carbocycles. The minimum atomic E-state index is 0.258. The second-order valence-electron chi connectivity index (χ2n) is 10.7. The van der Waals surface area contributed by atoms with Crippen molar-refractivity contribution in [3.05, 3.63) is 34.0 Å². The first kappa shape index (κ1) is 22.1. The predicted molar refractivity (Wildman–Crippen MR) is 121 cm³/mol. The van der Waals surface area contributed by atoms with Crippen molar-refractivity contribution in [3.8, 4) is 0 Å². The molecule has 1 atom stereocenters. The maximum absolute atomic E-state index is 12.8. The van der Waals surface area contributed by atoms with Gasteiger partial charge in [0.15, 0.2) is 0 Å². The summed E-state index contributed by atoms with van der Waals surface area (Å²) in [6.45, 7) is 12.8. The quantitative estimate of drug-likeness (QED) is 0.721. The highest BCUT2D eigenvalue weighted by Crippen LogP contribution is 2.41. The van der Waals surface area contributed by atoms with Crippen molar-refractivity contribution < 1.29 is 9.32 Å². The van der Waals surface area contributed by atoms with E-state index in [1.807, 2.05) is 23.6 Å². The lowest BCUT2D eigenvalue weighted by Crippen LogP contribution is -2.38. The summed E-state index contributed by atoms with van der Waals surface area (Å²) in [6.07, 6.45) is 6.59. The van der Waals surface area contributed by atoms with Crippen molar-refractivity contribution in [1.82, 2.24) is 19.8 Å². The number of aryl methyl sites for hydroxylation is 3. The van der Waals surface area contributed by atoms with Crippen molar-refractivity contribution >= 4 is 5.91 Å². The summed E-state index contributed by atoms with van der Waals surface area (Å²) >= 11 is 0. The van der Waals surface area contributed by atoms with Gasteiger partial charge in [0.2, 0.25) is 5.91 Å². The number of nitrogens with zero attached hydrogens (tertiary/aromatic N) is 4. The van der Waals surface area contributed by atoms with Crippen LogP contribution in [0.2, 0.25) is 0 Å². The Morgan fingerprint density at radius 1 is 1.16 bits per heavy atom. The lowest BCUT2D eigenvalue weighted by Gasteiger charge is -2.35. The molecule has 4 rings (SSSR count). The summed E-state index contributed by atoms with van der Waals surface area (Å²) in [5.74, 6) is 2.44. The highest BCUT2D eigenvalue weighted by molar-refractivity contribution is 5.76. The smallest absolute Gasteiger partial charge is 0.222 e. The van der Waals surface area contributed by atoms with E-state index in [2.05, 4.69) is 38.0 Å². The van der Waals surface area contributed by atoms with E-state index in [1.54, 1.807) is 0 Å². The minimum Gasteiger partial charge on any atom is -0.361 e. The Labute approximate surface area is 186 Å². The molecule has 170 valence electrons. The molecule has 6 nitrogen and oxygen atoms in total. The van der Waals surface area contributed by atoms with Crippen LogP contribution in [-0.4, -0.2) is 38.8 Å². The van der Waals surface area contributed by atoms with Gasteiger partial charge in [-0.15, -0.1) is 0 Å². The second-order valence-corrected chi connectivity index (χ2v) is 10.7. The molecule has 0 spiro atoms. The summed E-state index contributed by atoms with van der Waals surface area (Å²) < 4.78 is 7.79. The maximum atomic E-state index is 12.8. The number of hydrogen-bond acceptors (Lipinski definition) is 4. The van der Waals surface area contributed by atoms with Crippen LogP contribution in [0.5, 0.6) is 0 Å². The Bertz CT molecular complexity index is 942. The lowest BCUT2D eigenvalue weighted by molar-refractivity contribution is -0.132. The molecule has 2 aromatic heterocycles. The molecule has 0 bridgehead atoms. The van der Waals surface area contributed by atoms with Gasteiger partial charge in [-0.05, 0) is 69.3 Å². The number of aromatic nitrogens is 3. The molecule has 2 aromatic rings. The van der Waals surface area contributed by atoms with Crippen LogP contribution in [0.3, 0.4) is 0 Å². The maximum Gasteiger partial charge on any atom is 0.222 e. The zero-order valence-electron chi connectivity index (χ0n) is 20.1. The molecule has 6 heteroatoms. The van der Waals surface area contributed by atoms with Crippen LogP contribution in [0.25, 0.3) is 0 Å². The largest absolute Gasteiger partial charge is 0.361 e. The Kier molecular flexibility index (Phi) is 6.01. The Morgan fingerprint density at radius 3 is 2.48 bits per heavy atom. The Balaban J connectivity index is 1.34. The highest BCUT2D eigenvalue weighted by Gasteiger charge is 2.35. The van der Waals surface area contributed by atoms with Crippen molar-refractivity contribution in [1.29, 1.82) is 0 Å². The van der Waals surface area contributed by atoms with E-state index < -0.39 is 0 Å². The zero-order valence-corrected chi connectivity index (χ0v) is 20.1. The predicted octanol–water partition coefficient (Wildman–Crippen LogP) is 4.51. The van der Waals surface area contributed by atoms with E-state index in [9.17, 15) is 4.79 Å². The standard InChI is InChI=1S/C25H38N4O2/c1-16-20(17(2)28(6)26-16)8-10-23(30)29-13-11-18(12-14-29)24-21-15-19(25(3,4)5)7-9-22(21)27-31-24/h18-19H,7-15H2,1-6H3/t19-/m1/s1. The van der Waals surface area contributed by atoms with Crippen LogP contribution < -0.4 is 0 Å². The first-order chi connectivity index (χ1) is 14.6. The van der Waals surface area contributed by atoms with Gasteiger partial charge >= 0.3 is 0 Å². The van der Waals surface area contributed by atoms with Crippen LogP contribution in [0, 0.1) is 25.2 Å². The van der Waals surface area contributed by atoms with Crippen molar-refractivity contribution in [3.63, 3.8) is 0 Å². The number of carbonyl (C=O) groups is 1. The number of likely N-dealkylation sites (tertiary alicyclic amines) is 1. The molecular weight excluding hydrogens is 388 g/mol. The van der Waals surface area contributed by atoms with Gasteiger partial charge in [0.05, 0.1) is 11.4 Å². The fraction of sp³-hybridized carbons (Fsp3) is 0.720. The Morgan fingerprint density at radius 2 is 1.87 bits per heavy atom. The third-order valence-corrected chi connectivity index (χ3v) is 7.77. The van der Waals surface area contributed by atoms with Gasteiger partial charge < -0.3 is 9.42 Å². The van der Waals surface area contributed by atoms with Gasteiger partial charge in [0, 0.05) is 43.7 Å². The molecule has 2 aliphatic rings. The Hall–Kier alpha value is -2.11. The van der Waals surface area contributed by atoms with Gasteiger partial charge in [-0.1, -0.05) is 25.9 Å². The van der Waals surface area contributed by atoms with Crippen molar-refractivity contribution in [2.75, 3.05) is 13.1 Å². The normalized spacial score (nSPS) is 20.2. The third kappa shape index (κ3) is 4.44. The number of carbonyl (C=O) groups excluding carboxylic acids is 1. The number of hydrogen-bond donors (Lipinski definition) is 0. The molecule has 1 amide bonds. The van der Waals surface area contributed by atoms with E-state index in [1.165, 1.54) is 23.2 Å².